The van der Waals surface area contributed by atoms with Crippen LogP contribution in [-0.4, -0.2) is 0 Å². The molecule has 0 rings (SSSR count). The summed E-state index contributed by atoms with van der Waals surface area (Å²) in [6.45, 7) is 7.55. The SMILES string of the molecule is [CH]=CCCCCCCCCCCCCC=CCC. The van der Waals surface area contributed by atoms with E-state index in [-0.39, 0.29) is 0 Å². The molecule has 0 heteroatoms. The molecule has 0 aliphatic rings. The molecule has 0 saturated heterocycles. The zero-order valence-electron chi connectivity index (χ0n) is 12.5. The molecule has 0 N–H and O–H groups in total. The van der Waals surface area contributed by atoms with Crippen molar-refractivity contribution in [3.63, 3.8) is 0 Å². The lowest BCUT2D eigenvalue weighted by atomic mass is 10.1. The van der Waals surface area contributed by atoms with E-state index in [2.05, 4.69) is 19.1 Å². The van der Waals surface area contributed by atoms with Crippen LogP contribution >= 0.6 is 0 Å². The van der Waals surface area contributed by atoms with Gasteiger partial charge in [0.1, 0.15) is 0 Å². The van der Waals surface area contributed by atoms with Crippen molar-refractivity contribution in [1.29, 1.82) is 0 Å². The number of unbranched alkanes of at least 4 members (excludes halogenated alkanes) is 11. The molecule has 0 aromatic heterocycles. The van der Waals surface area contributed by atoms with Gasteiger partial charge >= 0.3 is 0 Å². The van der Waals surface area contributed by atoms with Gasteiger partial charge in [-0.15, -0.1) is 0 Å². The fraction of sp³-hybridized carbons (Fsp3) is 0.778. The quantitative estimate of drug-likeness (QED) is 0.239. The van der Waals surface area contributed by atoms with E-state index in [1.807, 2.05) is 0 Å². The van der Waals surface area contributed by atoms with Crippen LogP contribution in [0.5, 0.6) is 0 Å². The van der Waals surface area contributed by atoms with Crippen LogP contribution < -0.4 is 0 Å². The van der Waals surface area contributed by atoms with E-state index >= 15 is 0 Å². The highest BCUT2D eigenvalue weighted by Gasteiger charge is 1.92. The van der Waals surface area contributed by atoms with Crippen molar-refractivity contribution in [2.24, 2.45) is 0 Å². The number of hydrogen-bond acceptors (Lipinski definition) is 0. The molecule has 105 valence electrons. The van der Waals surface area contributed by atoms with Crippen LogP contribution in [-0.2, 0) is 0 Å². The highest BCUT2D eigenvalue weighted by atomic mass is 14.0. The van der Waals surface area contributed by atoms with Crippen LogP contribution in [0.15, 0.2) is 18.2 Å². The van der Waals surface area contributed by atoms with Gasteiger partial charge in [-0.1, -0.05) is 83.1 Å². The number of rotatable bonds is 14. The third kappa shape index (κ3) is 15.5. The Morgan fingerprint density at radius 2 is 1.06 bits per heavy atom. The Morgan fingerprint density at radius 3 is 1.50 bits per heavy atom. The summed E-state index contributed by atoms with van der Waals surface area (Å²) in [5.41, 5.74) is 0. The summed E-state index contributed by atoms with van der Waals surface area (Å²) >= 11 is 0. The first kappa shape index (κ1) is 17.5. The Morgan fingerprint density at radius 1 is 0.611 bits per heavy atom. The van der Waals surface area contributed by atoms with Gasteiger partial charge in [-0.25, -0.2) is 0 Å². The van der Waals surface area contributed by atoms with E-state index in [0.717, 1.165) is 6.42 Å². The highest BCUT2D eigenvalue weighted by Crippen LogP contribution is 2.12. The predicted octanol–water partition coefficient (Wildman–Crippen LogP) is 6.62. The molecule has 0 bridgehead atoms. The second-order valence-corrected chi connectivity index (χ2v) is 5.23. The smallest absolute Gasteiger partial charge is 0.0348 e. The molecule has 0 aromatic rings. The van der Waals surface area contributed by atoms with Crippen molar-refractivity contribution in [1.82, 2.24) is 0 Å². The molecule has 0 unspecified atom stereocenters. The Kier molecular flexibility index (Phi) is 16.0. The first-order chi connectivity index (χ1) is 8.91. The summed E-state index contributed by atoms with van der Waals surface area (Å²) in [5.74, 6) is 0. The van der Waals surface area contributed by atoms with Crippen LogP contribution in [0, 0.1) is 6.58 Å². The van der Waals surface area contributed by atoms with E-state index < -0.39 is 0 Å². The van der Waals surface area contributed by atoms with Gasteiger partial charge in [0.25, 0.3) is 0 Å². The zero-order valence-corrected chi connectivity index (χ0v) is 12.5. The lowest BCUT2D eigenvalue weighted by Crippen LogP contribution is -1.82. The first-order valence-corrected chi connectivity index (χ1v) is 8.10. The second-order valence-electron chi connectivity index (χ2n) is 5.23. The van der Waals surface area contributed by atoms with Crippen molar-refractivity contribution in [3.8, 4) is 0 Å². The maximum absolute atomic E-state index is 5.35. The summed E-state index contributed by atoms with van der Waals surface area (Å²) in [5, 5.41) is 0. The fourth-order valence-electron chi connectivity index (χ4n) is 2.22. The van der Waals surface area contributed by atoms with Gasteiger partial charge in [0.2, 0.25) is 0 Å². The molecule has 1 radical (unpaired) electrons. The Hall–Kier alpha value is -0.520. The average molecular weight is 249 g/mol. The highest BCUT2D eigenvalue weighted by molar-refractivity contribution is 4.79. The van der Waals surface area contributed by atoms with Crippen LogP contribution in [0.4, 0.5) is 0 Å². The number of allylic oxidation sites excluding steroid dienone is 3. The molecule has 0 aliphatic heterocycles. The lowest BCUT2D eigenvalue weighted by molar-refractivity contribution is 0.553. The topological polar surface area (TPSA) is 0 Å². The van der Waals surface area contributed by atoms with Crippen molar-refractivity contribution in [3.05, 3.63) is 24.8 Å². The summed E-state index contributed by atoms with van der Waals surface area (Å²) in [6.07, 6.45) is 24.0. The molecule has 0 spiro atoms. The molecule has 0 fully saturated rings. The van der Waals surface area contributed by atoms with Gasteiger partial charge in [0.05, 0.1) is 0 Å². The molecule has 0 atom stereocenters. The molecule has 0 amide bonds. The third-order valence-electron chi connectivity index (χ3n) is 3.39. The summed E-state index contributed by atoms with van der Waals surface area (Å²) in [7, 11) is 0. The van der Waals surface area contributed by atoms with Crippen molar-refractivity contribution < 1.29 is 0 Å². The minimum absolute atomic E-state index is 1.09. The van der Waals surface area contributed by atoms with E-state index in [1.54, 1.807) is 6.08 Å². The van der Waals surface area contributed by atoms with Gasteiger partial charge in [-0.3, -0.25) is 0 Å². The molecule has 18 heavy (non-hydrogen) atoms. The molecule has 0 aromatic carbocycles. The summed E-state index contributed by atoms with van der Waals surface area (Å²) in [4.78, 5) is 0. The molecule has 0 heterocycles. The van der Waals surface area contributed by atoms with E-state index in [1.165, 1.54) is 77.0 Å². The monoisotopic (exact) mass is 249 g/mol. The van der Waals surface area contributed by atoms with Crippen LogP contribution in [0.1, 0.15) is 90.4 Å². The van der Waals surface area contributed by atoms with Crippen molar-refractivity contribution in [2.75, 3.05) is 0 Å². The Labute approximate surface area is 116 Å². The molecular weight excluding hydrogens is 216 g/mol. The second kappa shape index (κ2) is 16.5. The van der Waals surface area contributed by atoms with Crippen LogP contribution in [0.3, 0.4) is 0 Å². The maximum atomic E-state index is 5.35. The van der Waals surface area contributed by atoms with Gasteiger partial charge in [-0.05, 0) is 32.1 Å². The molecule has 0 aliphatic carbocycles. The van der Waals surface area contributed by atoms with Crippen molar-refractivity contribution >= 4 is 0 Å². The summed E-state index contributed by atoms with van der Waals surface area (Å²) in [6, 6.07) is 0. The van der Waals surface area contributed by atoms with Gasteiger partial charge in [0.15, 0.2) is 0 Å². The lowest BCUT2D eigenvalue weighted by Gasteiger charge is -2.01. The minimum Gasteiger partial charge on any atom is -0.0888 e. The minimum atomic E-state index is 1.09. The van der Waals surface area contributed by atoms with E-state index in [9.17, 15) is 0 Å². The molecular formula is C18H33. The zero-order chi connectivity index (χ0) is 13.3. The maximum Gasteiger partial charge on any atom is -0.0348 e. The predicted molar refractivity (Wildman–Crippen MR) is 83.7 cm³/mol. The Balaban J connectivity index is 2.94. The van der Waals surface area contributed by atoms with Crippen molar-refractivity contribution in [2.45, 2.75) is 90.4 Å². The largest absolute Gasteiger partial charge is 0.0888 e. The van der Waals surface area contributed by atoms with E-state index in [0.29, 0.717) is 0 Å². The van der Waals surface area contributed by atoms with Crippen LogP contribution in [0.25, 0.3) is 0 Å². The fourth-order valence-corrected chi connectivity index (χ4v) is 2.22. The standard InChI is InChI=1S/C18H33/c1-3-5-7-9-11-13-15-17-18-16-14-12-10-8-6-4-2/h1,3,6,8H,4-5,7,9-18H2,2H3. The van der Waals surface area contributed by atoms with Gasteiger partial charge in [0, 0.05) is 0 Å². The average Bonchev–Trinajstić information content (AvgIpc) is 2.39. The van der Waals surface area contributed by atoms with Crippen LogP contribution in [0.2, 0.25) is 0 Å². The number of hydrogen-bond donors (Lipinski definition) is 0. The first-order valence-electron chi connectivity index (χ1n) is 8.10. The van der Waals surface area contributed by atoms with E-state index in [4.69, 9.17) is 6.58 Å². The van der Waals surface area contributed by atoms with Gasteiger partial charge in [-0.2, -0.15) is 0 Å². The Bertz CT molecular complexity index is 178. The normalized spacial score (nSPS) is 11.2. The molecule has 0 nitrogen and oxygen atoms in total. The molecule has 0 saturated carbocycles. The summed E-state index contributed by atoms with van der Waals surface area (Å²) < 4.78 is 0. The third-order valence-corrected chi connectivity index (χ3v) is 3.39. The van der Waals surface area contributed by atoms with Gasteiger partial charge < -0.3 is 0 Å².